The van der Waals surface area contributed by atoms with Crippen molar-refractivity contribution < 1.29 is 14.7 Å². The zero-order chi connectivity index (χ0) is 15.2. The summed E-state index contributed by atoms with van der Waals surface area (Å²) in [5.74, 6) is -1.23. The first-order valence-corrected chi connectivity index (χ1v) is 6.70. The fraction of sp³-hybridized carbons (Fsp3) is 0.333. The van der Waals surface area contributed by atoms with Crippen LogP contribution in [-0.2, 0) is 9.59 Å². The van der Waals surface area contributed by atoms with E-state index in [2.05, 4.69) is 5.32 Å². The first kappa shape index (κ1) is 16.2. The molecule has 1 aromatic carbocycles. The first-order chi connectivity index (χ1) is 9.37. The van der Waals surface area contributed by atoms with Crippen molar-refractivity contribution in [3.8, 4) is 0 Å². The third-order valence-electron chi connectivity index (χ3n) is 3.25. The quantitative estimate of drug-likeness (QED) is 0.793. The molecule has 1 aromatic rings. The molecular formula is C15H18ClNO3. The molecule has 1 rings (SSSR count). The van der Waals surface area contributed by atoms with Gasteiger partial charge in [0, 0.05) is 17.6 Å². The lowest BCUT2D eigenvalue weighted by molar-refractivity contribution is -0.148. The van der Waals surface area contributed by atoms with Crippen LogP contribution >= 0.6 is 11.6 Å². The number of benzene rings is 1. The molecule has 0 aliphatic rings. The van der Waals surface area contributed by atoms with Crippen molar-refractivity contribution >= 4 is 29.6 Å². The molecule has 0 aliphatic heterocycles. The van der Waals surface area contributed by atoms with Crippen molar-refractivity contribution in [2.24, 2.45) is 5.41 Å². The van der Waals surface area contributed by atoms with Crippen molar-refractivity contribution in [3.05, 3.63) is 40.9 Å². The van der Waals surface area contributed by atoms with Gasteiger partial charge >= 0.3 is 5.97 Å². The highest BCUT2D eigenvalue weighted by atomic mass is 35.5. The van der Waals surface area contributed by atoms with Gasteiger partial charge in [0.25, 0.3) is 0 Å². The van der Waals surface area contributed by atoms with Gasteiger partial charge in [-0.1, -0.05) is 30.7 Å². The van der Waals surface area contributed by atoms with Crippen LogP contribution in [0.1, 0.15) is 25.8 Å². The fourth-order valence-electron chi connectivity index (χ4n) is 1.44. The van der Waals surface area contributed by atoms with E-state index in [1.807, 2.05) is 0 Å². The topological polar surface area (TPSA) is 66.4 Å². The molecule has 1 unspecified atom stereocenters. The molecular weight excluding hydrogens is 278 g/mol. The van der Waals surface area contributed by atoms with Crippen LogP contribution in [0.4, 0.5) is 0 Å². The summed E-state index contributed by atoms with van der Waals surface area (Å²) in [5, 5.41) is 12.3. The summed E-state index contributed by atoms with van der Waals surface area (Å²) >= 11 is 5.76. The van der Waals surface area contributed by atoms with E-state index in [1.54, 1.807) is 44.2 Å². The average Bonchev–Trinajstić information content (AvgIpc) is 2.43. The smallest absolute Gasteiger partial charge is 0.311 e. The Bertz CT molecular complexity index is 510. The summed E-state index contributed by atoms with van der Waals surface area (Å²) in [5.41, 5.74) is -0.0925. The zero-order valence-electron chi connectivity index (χ0n) is 11.5. The molecule has 20 heavy (non-hydrogen) atoms. The SMILES string of the molecule is CCC(C)(CNC(=O)/C=C/c1ccc(Cl)cc1)C(=O)O. The molecule has 0 aliphatic carbocycles. The molecule has 0 saturated heterocycles. The third-order valence-corrected chi connectivity index (χ3v) is 3.50. The summed E-state index contributed by atoms with van der Waals surface area (Å²) in [7, 11) is 0. The minimum Gasteiger partial charge on any atom is -0.481 e. The molecule has 108 valence electrons. The van der Waals surface area contributed by atoms with Gasteiger partial charge in [-0.25, -0.2) is 0 Å². The second-order valence-electron chi connectivity index (χ2n) is 4.82. The molecule has 0 spiro atoms. The second-order valence-corrected chi connectivity index (χ2v) is 5.26. The summed E-state index contributed by atoms with van der Waals surface area (Å²) in [6.07, 6.45) is 3.47. The summed E-state index contributed by atoms with van der Waals surface area (Å²) in [6, 6.07) is 7.05. The van der Waals surface area contributed by atoms with Crippen molar-refractivity contribution in [2.75, 3.05) is 6.54 Å². The number of carboxylic acid groups (broad SMARTS) is 1. The van der Waals surface area contributed by atoms with Crippen molar-refractivity contribution in [2.45, 2.75) is 20.3 Å². The lowest BCUT2D eigenvalue weighted by atomic mass is 9.88. The van der Waals surface area contributed by atoms with Crippen LogP contribution in [0.25, 0.3) is 6.08 Å². The number of carboxylic acids is 1. The zero-order valence-corrected chi connectivity index (χ0v) is 12.3. The summed E-state index contributed by atoms with van der Waals surface area (Å²) in [4.78, 5) is 22.7. The van der Waals surface area contributed by atoms with E-state index in [0.717, 1.165) is 5.56 Å². The summed E-state index contributed by atoms with van der Waals surface area (Å²) < 4.78 is 0. The number of hydrogen-bond donors (Lipinski definition) is 2. The van der Waals surface area contributed by atoms with Crippen LogP contribution in [0.2, 0.25) is 5.02 Å². The van der Waals surface area contributed by atoms with Crippen LogP contribution in [0, 0.1) is 5.41 Å². The van der Waals surface area contributed by atoms with Gasteiger partial charge in [0.2, 0.25) is 5.91 Å². The van der Waals surface area contributed by atoms with Crippen molar-refractivity contribution in [1.82, 2.24) is 5.32 Å². The van der Waals surface area contributed by atoms with Crippen molar-refractivity contribution in [1.29, 1.82) is 0 Å². The van der Waals surface area contributed by atoms with Gasteiger partial charge in [-0.3, -0.25) is 9.59 Å². The standard InChI is InChI=1S/C15H18ClNO3/c1-3-15(2,14(19)20)10-17-13(18)9-6-11-4-7-12(16)8-5-11/h4-9H,3,10H2,1-2H3,(H,17,18)(H,19,20)/b9-6+. The van der Waals surface area contributed by atoms with Crippen molar-refractivity contribution in [3.63, 3.8) is 0 Å². The maximum absolute atomic E-state index is 11.7. The Morgan fingerprint density at radius 2 is 1.95 bits per heavy atom. The van der Waals surface area contributed by atoms with Crippen LogP contribution in [0.5, 0.6) is 0 Å². The van der Waals surface area contributed by atoms with Crippen LogP contribution in [0.15, 0.2) is 30.3 Å². The van der Waals surface area contributed by atoms with E-state index in [4.69, 9.17) is 16.7 Å². The Kier molecular flexibility index (Phi) is 5.77. The number of carbonyl (C=O) groups excluding carboxylic acids is 1. The Balaban J connectivity index is 2.56. The Hall–Kier alpha value is -1.81. The number of carbonyl (C=O) groups is 2. The van der Waals surface area contributed by atoms with Gasteiger partial charge in [-0.15, -0.1) is 0 Å². The minimum atomic E-state index is -0.941. The molecule has 2 N–H and O–H groups in total. The highest BCUT2D eigenvalue weighted by Gasteiger charge is 2.31. The normalized spacial score (nSPS) is 13.9. The van der Waals surface area contributed by atoms with Crippen LogP contribution in [-0.4, -0.2) is 23.5 Å². The van der Waals surface area contributed by atoms with E-state index in [1.165, 1.54) is 6.08 Å². The largest absolute Gasteiger partial charge is 0.481 e. The number of halogens is 1. The molecule has 4 nitrogen and oxygen atoms in total. The highest BCUT2D eigenvalue weighted by Crippen LogP contribution is 2.19. The van der Waals surface area contributed by atoms with Gasteiger partial charge in [0.05, 0.1) is 5.41 Å². The number of rotatable bonds is 6. The lowest BCUT2D eigenvalue weighted by Crippen LogP contribution is -2.40. The van der Waals surface area contributed by atoms with Gasteiger partial charge in [-0.05, 0) is 37.1 Å². The van der Waals surface area contributed by atoms with E-state index in [9.17, 15) is 9.59 Å². The average molecular weight is 296 g/mol. The van der Waals surface area contributed by atoms with Crippen LogP contribution in [0.3, 0.4) is 0 Å². The van der Waals surface area contributed by atoms with E-state index in [-0.39, 0.29) is 12.5 Å². The molecule has 0 aromatic heterocycles. The van der Waals surface area contributed by atoms with E-state index in [0.29, 0.717) is 11.4 Å². The van der Waals surface area contributed by atoms with E-state index < -0.39 is 11.4 Å². The Labute approximate surface area is 123 Å². The van der Waals surface area contributed by atoms with Gasteiger partial charge in [0.15, 0.2) is 0 Å². The minimum absolute atomic E-state index is 0.0998. The molecule has 0 saturated carbocycles. The molecule has 5 heteroatoms. The van der Waals surface area contributed by atoms with Gasteiger partial charge in [0.1, 0.15) is 0 Å². The molecule has 0 heterocycles. The molecule has 1 atom stereocenters. The maximum atomic E-state index is 11.7. The Morgan fingerprint density at radius 3 is 2.45 bits per heavy atom. The van der Waals surface area contributed by atoms with Gasteiger partial charge < -0.3 is 10.4 Å². The highest BCUT2D eigenvalue weighted by molar-refractivity contribution is 6.30. The van der Waals surface area contributed by atoms with Gasteiger partial charge in [-0.2, -0.15) is 0 Å². The number of amides is 1. The molecule has 0 bridgehead atoms. The number of nitrogens with one attached hydrogen (secondary N) is 1. The predicted octanol–water partition coefficient (Wildman–Crippen LogP) is 2.97. The molecule has 0 radical (unpaired) electrons. The van der Waals surface area contributed by atoms with E-state index >= 15 is 0 Å². The predicted molar refractivity (Wildman–Crippen MR) is 79.5 cm³/mol. The summed E-state index contributed by atoms with van der Waals surface area (Å²) in [6.45, 7) is 3.49. The second kappa shape index (κ2) is 7.10. The number of hydrogen-bond acceptors (Lipinski definition) is 2. The molecule has 0 fully saturated rings. The maximum Gasteiger partial charge on any atom is 0.311 e. The third kappa shape index (κ3) is 4.70. The lowest BCUT2D eigenvalue weighted by Gasteiger charge is -2.22. The molecule has 1 amide bonds. The van der Waals surface area contributed by atoms with Crippen LogP contribution < -0.4 is 5.32 Å². The number of aliphatic carboxylic acids is 1. The first-order valence-electron chi connectivity index (χ1n) is 6.32. The Morgan fingerprint density at radius 1 is 1.35 bits per heavy atom. The fourth-order valence-corrected chi connectivity index (χ4v) is 1.56. The monoisotopic (exact) mass is 295 g/mol.